The molecule has 1 aliphatic heterocycles. The second-order valence-corrected chi connectivity index (χ2v) is 6.80. The maximum Gasteiger partial charge on any atom is 0.413 e. The molecule has 0 saturated carbocycles. The van der Waals surface area contributed by atoms with Crippen LogP contribution in [0.1, 0.15) is 25.8 Å². The van der Waals surface area contributed by atoms with Crippen LogP contribution in [0.5, 0.6) is 5.06 Å². The molecule has 0 aliphatic carbocycles. The Morgan fingerprint density at radius 1 is 1.50 bits per heavy atom. The lowest BCUT2D eigenvalue weighted by Gasteiger charge is -2.25. The van der Waals surface area contributed by atoms with Gasteiger partial charge >= 0.3 is 6.09 Å². The van der Waals surface area contributed by atoms with Crippen molar-refractivity contribution in [2.24, 2.45) is 0 Å². The molecule has 0 aromatic carbocycles. The number of hydrogen-bond acceptors (Lipinski definition) is 6. The van der Waals surface area contributed by atoms with Gasteiger partial charge in [-0.05, 0) is 20.8 Å². The summed E-state index contributed by atoms with van der Waals surface area (Å²) in [6, 6.07) is 0. The van der Waals surface area contributed by atoms with Crippen LogP contribution in [0.25, 0.3) is 0 Å². The van der Waals surface area contributed by atoms with E-state index in [0.717, 1.165) is 37.9 Å². The number of nitrogens with one attached hydrogen (secondary N) is 1. The summed E-state index contributed by atoms with van der Waals surface area (Å²) in [5.74, 6) is 0. The van der Waals surface area contributed by atoms with E-state index < -0.39 is 6.09 Å². The zero-order valence-electron chi connectivity index (χ0n) is 12.1. The molecule has 0 radical (unpaired) electrons. The van der Waals surface area contributed by atoms with E-state index in [-0.39, 0.29) is 5.54 Å². The van der Waals surface area contributed by atoms with Crippen LogP contribution < -0.4 is 10.1 Å². The predicted molar refractivity (Wildman–Crippen MR) is 77.1 cm³/mol. The van der Waals surface area contributed by atoms with Crippen molar-refractivity contribution in [3.05, 3.63) is 11.2 Å². The van der Waals surface area contributed by atoms with Gasteiger partial charge in [-0.25, -0.2) is 9.78 Å². The van der Waals surface area contributed by atoms with Crippen LogP contribution in [0, 0.1) is 0 Å². The summed E-state index contributed by atoms with van der Waals surface area (Å²) in [6.45, 7) is 9.87. The van der Waals surface area contributed by atoms with Gasteiger partial charge in [-0.15, -0.1) is 0 Å². The average molecular weight is 299 g/mol. The summed E-state index contributed by atoms with van der Waals surface area (Å²) in [5, 5.41) is 4.22. The molecule has 0 atom stereocenters. The molecule has 20 heavy (non-hydrogen) atoms. The maximum absolute atomic E-state index is 11.6. The Hall–Kier alpha value is -1.18. The van der Waals surface area contributed by atoms with Gasteiger partial charge in [-0.2, -0.15) is 0 Å². The quantitative estimate of drug-likeness (QED) is 0.923. The lowest BCUT2D eigenvalue weighted by atomic mass is 10.1. The Labute approximate surface area is 123 Å². The van der Waals surface area contributed by atoms with E-state index in [4.69, 9.17) is 9.47 Å². The molecular weight excluding hydrogens is 278 g/mol. The monoisotopic (exact) mass is 299 g/mol. The number of rotatable bonds is 3. The molecule has 2 rings (SSSR count). The van der Waals surface area contributed by atoms with Gasteiger partial charge in [-0.3, -0.25) is 4.90 Å². The number of aromatic nitrogens is 1. The largest absolute Gasteiger partial charge is 0.413 e. The van der Waals surface area contributed by atoms with Crippen molar-refractivity contribution in [2.75, 3.05) is 26.3 Å². The highest BCUT2D eigenvalue weighted by Gasteiger charge is 2.17. The van der Waals surface area contributed by atoms with Crippen LogP contribution in [0.15, 0.2) is 6.20 Å². The third-order valence-corrected chi connectivity index (χ3v) is 3.53. The Morgan fingerprint density at radius 2 is 2.20 bits per heavy atom. The lowest BCUT2D eigenvalue weighted by Crippen LogP contribution is -2.42. The minimum absolute atomic E-state index is 0.307. The highest BCUT2D eigenvalue weighted by molar-refractivity contribution is 7.13. The summed E-state index contributed by atoms with van der Waals surface area (Å²) in [6.07, 6.45) is 1.15. The van der Waals surface area contributed by atoms with Crippen LogP contribution in [-0.4, -0.2) is 47.8 Å². The van der Waals surface area contributed by atoms with E-state index in [1.54, 1.807) is 6.20 Å². The van der Waals surface area contributed by atoms with Gasteiger partial charge in [0.15, 0.2) is 0 Å². The third kappa shape index (κ3) is 5.07. The molecule has 2 heterocycles. The molecule has 1 saturated heterocycles. The van der Waals surface area contributed by atoms with Gasteiger partial charge in [0.2, 0.25) is 5.06 Å². The van der Waals surface area contributed by atoms with Crippen molar-refractivity contribution in [1.29, 1.82) is 0 Å². The Bertz CT molecular complexity index is 450. The van der Waals surface area contributed by atoms with E-state index >= 15 is 0 Å². The molecule has 1 aliphatic rings. The zero-order chi connectivity index (χ0) is 14.6. The van der Waals surface area contributed by atoms with Gasteiger partial charge in [-0.1, -0.05) is 11.3 Å². The first kappa shape index (κ1) is 15.2. The fourth-order valence-electron chi connectivity index (χ4n) is 1.79. The fraction of sp³-hybridized carbons (Fsp3) is 0.692. The first-order chi connectivity index (χ1) is 9.42. The van der Waals surface area contributed by atoms with E-state index in [0.29, 0.717) is 5.06 Å². The molecule has 1 aromatic heterocycles. The SMILES string of the molecule is CC(C)(C)NC(=O)Oc1cnc(CN2CCOCC2)s1. The van der Waals surface area contributed by atoms with Crippen LogP contribution in [0.4, 0.5) is 4.79 Å². The molecule has 1 fully saturated rings. The maximum atomic E-state index is 11.6. The highest BCUT2D eigenvalue weighted by Crippen LogP contribution is 2.23. The van der Waals surface area contributed by atoms with Gasteiger partial charge < -0.3 is 14.8 Å². The summed E-state index contributed by atoms with van der Waals surface area (Å²) < 4.78 is 10.5. The Kier molecular flexibility index (Phi) is 4.95. The molecule has 1 aromatic rings. The topological polar surface area (TPSA) is 63.7 Å². The first-order valence-corrected chi connectivity index (χ1v) is 7.49. The van der Waals surface area contributed by atoms with E-state index in [1.807, 2.05) is 20.8 Å². The molecule has 1 N–H and O–H groups in total. The first-order valence-electron chi connectivity index (χ1n) is 6.67. The summed E-state index contributed by atoms with van der Waals surface area (Å²) >= 11 is 1.40. The number of hydrogen-bond donors (Lipinski definition) is 1. The lowest BCUT2D eigenvalue weighted by molar-refractivity contribution is 0.0341. The number of amides is 1. The minimum atomic E-state index is -0.445. The average Bonchev–Trinajstić information content (AvgIpc) is 2.75. The molecule has 6 nitrogen and oxygen atoms in total. The summed E-state index contributed by atoms with van der Waals surface area (Å²) in [4.78, 5) is 18.2. The van der Waals surface area contributed by atoms with Crippen LogP contribution in [0.3, 0.4) is 0 Å². The van der Waals surface area contributed by atoms with E-state index in [2.05, 4.69) is 15.2 Å². The smallest absolute Gasteiger partial charge is 0.397 e. The molecule has 7 heteroatoms. The van der Waals surface area contributed by atoms with Crippen molar-refractivity contribution in [1.82, 2.24) is 15.2 Å². The third-order valence-electron chi connectivity index (χ3n) is 2.67. The number of carbonyl (C=O) groups is 1. The Morgan fingerprint density at radius 3 is 2.85 bits per heavy atom. The van der Waals surface area contributed by atoms with Crippen molar-refractivity contribution in [3.8, 4) is 5.06 Å². The highest BCUT2D eigenvalue weighted by atomic mass is 32.1. The van der Waals surface area contributed by atoms with Crippen molar-refractivity contribution in [2.45, 2.75) is 32.9 Å². The Balaban J connectivity index is 1.84. The number of nitrogens with zero attached hydrogens (tertiary/aromatic N) is 2. The molecule has 0 unspecified atom stereocenters. The van der Waals surface area contributed by atoms with Crippen molar-refractivity contribution < 1.29 is 14.3 Å². The van der Waals surface area contributed by atoms with E-state index in [9.17, 15) is 4.79 Å². The van der Waals surface area contributed by atoms with Crippen molar-refractivity contribution >= 4 is 17.4 Å². The second kappa shape index (κ2) is 6.51. The minimum Gasteiger partial charge on any atom is -0.397 e. The summed E-state index contributed by atoms with van der Waals surface area (Å²) in [5.41, 5.74) is -0.307. The normalized spacial score (nSPS) is 16.9. The van der Waals surface area contributed by atoms with Crippen molar-refractivity contribution in [3.63, 3.8) is 0 Å². The molecular formula is C13H21N3O3S. The predicted octanol–water partition coefficient (Wildman–Crippen LogP) is 1.86. The van der Waals surface area contributed by atoms with Gasteiger partial charge in [0, 0.05) is 18.6 Å². The number of thiazole rings is 1. The number of ether oxygens (including phenoxy) is 2. The van der Waals surface area contributed by atoms with Gasteiger partial charge in [0.25, 0.3) is 0 Å². The summed E-state index contributed by atoms with van der Waals surface area (Å²) in [7, 11) is 0. The van der Waals surface area contributed by atoms with Crippen LogP contribution in [-0.2, 0) is 11.3 Å². The van der Waals surface area contributed by atoms with Crippen LogP contribution in [0.2, 0.25) is 0 Å². The molecule has 112 valence electrons. The second-order valence-electron chi connectivity index (χ2n) is 5.73. The van der Waals surface area contributed by atoms with Crippen LogP contribution >= 0.6 is 11.3 Å². The standard InChI is InChI=1S/C13H21N3O3S/c1-13(2,3)15-12(17)19-11-8-14-10(20-11)9-16-4-6-18-7-5-16/h8H,4-7,9H2,1-3H3,(H,15,17). The number of morpholine rings is 1. The fourth-order valence-corrected chi connectivity index (χ4v) is 2.59. The molecule has 0 bridgehead atoms. The van der Waals surface area contributed by atoms with Gasteiger partial charge in [0.1, 0.15) is 5.01 Å². The van der Waals surface area contributed by atoms with E-state index in [1.165, 1.54) is 11.3 Å². The zero-order valence-corrected chi connectivity index (χ0v) is 13.0. The molecule has 0 spiro atoms. The molecule has 1 amide bonds. The van der Waals surface area contributed by atoms with Gasteiger partial charge in [0.05, 0.1) is 26.0 Å². The number of carbonyl (C=O) groups excluding carboxylic acids is 1.